The van der Waals surface area contributed by atoms with E-state index in [9.17, 15) is 0 Å². The summed E-state index contributed by atoms with van der Waals surface area (Å²) in [5, 5.41) is 0. The average molecular weight is 331 g/mol. The highest BCUT2D eigenvalue weighted by Gasteiger charge is 2.17. The summed E-state index contributed by atoms with van der Waals surface area (Å²) in [6.07, 6.45) is 2.60. The largest absolute Gasteiger partial charge is 0.492 e. The fourth-order valence-electron chi connectivity index (χ4n) is 2.18. The van der Waals surface area contributed by atoms with E-state index in [4.69, 9.17) is 4.74 Å². The van der Waals surface area contributed by atoms with Crippen LogP contribution in [0.1, 0.15) is 12.8 Å². The molecule has 0 amide bonds. The lowest BCUT2D eigenvalue weighted by Gasteiger charge is -2.29. The summed E-state index contributed by atoms with van der Waals surface area (Å²) in [5.74, 6) is 1.71. The van der Waals surface area contributed by atoms with E-state index in [1.54, 1.807) is 0 Å². The van der Waals surface area contributed by atoms with E-state index in [1.165, 1.54) is 29.5 Å². The Labute approximate surface area is 111 Å². The van der Waals surface area contributed by atoms with Gasteiger partial charge in [-0.05, 0) is 61.2 Å². The lowest BCUT2D eigenvalue weighted by Crippen LogP contribution is -2.34. The zero-order valence-corrected chi connectivity index (χ0v) is 11.8. The molecule has 0 N–H and O–H groups in total. The van der Waals surface area contributed by atoms with Crippen molar-refractivity contribution in [1.82, 2.24) is 4.90 Å². The van der Waals surface area contributed by atoms with Crippen molar-refractivity contribution in [2.75, 3.05) is 26.7 Å². The molecule has 0 saturated carbocycles. The fourth-order valence-corrected chi connectivity index (χ4v) is 2.72. The lowest BCUT2D eigenvalue weighted by atomic mass is 10.00. The molecule has 1 aromatic carbocycles. The molecule has 0 unspecified atom stereocenters. The molecular formula is C13H18INO. The quantitative estimate of drug-likeness (QED) is 0.790. The molecule has 1 fully saturated rings. The maximum absolute atomic E-state index is 5.89. The van der Waals surface area contributed by atoms with Crippen molar-refractivity contribution >= 4 is 22.6 Å². The number of rotatable bonds is 3. The molecule has 1 aromatic rings. The highest BCUT2D eigenvalue weighted by atomic mass is 127. The van der Waals surface area contributed by atoms with E-state index < -0.39 is 0 Å². The van der Waals surface area contributed by atoms with Crippen LogP contribution in [0.4, 0.5) is 0 Å². The van der Waals surface area contributed by atoms with E-state index in [0.29, 0.717) is 5.92 Å². The normalized spacial score (nSPS) is 22.0. The van der Waals surface area contributed by atoms with Gasteiger partial charge in [-0.2, -0.15) is 0 Å². The van der Waals surface area contributed by atoms with Crippen LogP contribution in [0.15, 0.2) is 24.3 Å². The highest BCUT2D eigenvalue weighted by molar-refractivity contribution is 14.1. The van der Waals surface area contributed by atoms with Crippen molar-refractivity contribution in [2.45, 2.75) is 12.8 Å². The Bertz CT molecular complexity index is 342. The van der Waals surface area contributed by atoms with Crippen molar-refractivity contribution < 1.29 is 4.74 Å². The molecule has 0 aromatic heterocycles. The standard InChI is InChI=1S/C13H18INO/c1-15-8-4-5-11(9-15)10-16-13-7-3-2-6-12(13)14/h2-3,6-7,11H,4-5,8-10H2,1H3/t11-/m0/s1. The van der Waals surface area contributed by atoms with E-state index in [0.717, 1.165) is 12.4 Å². The number of hydrogen-bond donors (Lipinski definition) is 0. The molecule has 1 saturated heterocycles. The van der Waals surface area contributed by atoms with Crippen molar-refractivity contribution in [3.63, 3.8) is 0 Å². The van der Waals surface area contributed by atoms with Gasteiger partial charge in [-0.3, -0.25) is 0 Å². The van der Waals surface area contributed by atoms with Crippen molar-refractivity contribution in [1.29, 1.82) is 0 Å². The Hall–Kier alpha value is -0.290. The molecule has 0 aliphatic carbocycles. The van der Waals surface area contributed by atoms with E-state index in [-0.39, 0.29) is 0 Å². The second kappa shape index (κ2) is 5.87. The number of benzene rings is 1. The Morgan fingerprint density at radius 1 is 1.44 bits per heavy atom. The number of piperidine rings is 1. The van der Waals surface area contributed by atoms with E-state index in [2.05, 4.69) is 40.6 Å². The Balaban J connectivity index is 1.85. The monoisotopic (exact) mass is 331 g/mol. The molecular weight excluding hydrogens is 313 g/mol. The van der Waals surface area contributed by atoms with Crippen LogP contribution < -0.4 is 4.74 Å². The van der Waals surface area contributed by atoms with Crippen LogP contribution in [0.5, 0.6) is 5.75 Å². The first-order valence-electron chi connectivity index (χ1n) is 5.81. The third-order valence-corrected chi connectivity index (χ3v) is 3.92. The van der Waals surface area contributed by atoms with Crippen LogP contribution in [0, 0.1) is 9.49 Å². The minimum Gasteiger partial charge on any atom is -0.492 e. The van der Waals surface area contributed by atoms with Gasteiger partial charge in [-0.25, -0.2) is 0 Å². The van der Waals surface area contributed by atoms with Gasteiger partial charge in [0.2, 0.25) is 0 Å². The minimum absolute atomic E-state index is 0.690. The van der Waals surface area contributed by atoms with Crippen molar-refractivity contribution in [2.24, 2.45) is 5.92 Å². The van der Waals surface area contributed by atoms with Gasteiger partial charge in [0, 0.05) is 12.5 Å². The predicted octanol–water partition coefficient (Wildman–Crippen LogP) is 3.01. The second-order valence-corrected chi connectivity index (χ2v) is 5.67. The zero-order valence-electron chi connectivity index (χ0n) is 9.66. The van der Waals surface area contributed by atoms with E-state index in [1.807, 2.05) is 18.2 Å². The molecule has 1 heterocycles. The van der Waals surface area contributed by atoms with Gasteiger partial charge in [0.25, 0.3) is 0 Å². The van der Waals surface area contributed by atoms with Gasteiger partial charge < -0.3 is 9.64 Å². The summed E-state index contributed by atoms with van der Waals surface area (Å²) in [6.45, 7) is 3.26. The minimum atomic E-state index is 0.690. The maximum Gasteiger partial charge on any atom is 0.132 e. The van der Waals surface area contributed by atoms with Crippen LogP contribution in [0.3, 0.4) is 0 Å². The third-order valence-electron chi connectivity index (χ3n) is 3.03. The van der Waals surface area contributed by atoms with Gasteiger partial charge in [-0.1, -0.05) is 12.1 Å². The first kappa shape index (κ1) is 12.2. The number of nitrogens with zero attached hydrogens (tertiary/aromatic N) is 1. The summed E-state index contributed by atoms with van der Waals surface area (Å²) in [5.41, 5.74) is 0. The Kier molecular flexibility index (Phi) is 4.46. The fraction of sp³-hybridized carbons (Fsp3) is 0.538. The third kappa shape index (κ3) is 3.35. The number of halogens is 1. The molecule has 0 radical (unpaired) electrons. The summed E-state index contributed by atoms with van der Waals surface area (Å²) >= 11 is 2.32. The zero-order chi connectivity index (χ0) is 11.4. The lowest BCUT2D eigenvalue weighted by molar-refractivity contribution is 0.150. The number of hydrogen-bond acceptors (Lipinski definition) is 2. The smallest absolute Gasteiger partial charge is 0.132 e. The number of para-hydroxylation sites is 1. The van der Waals surface area contributed by atoms with Gasteiger partial charge in [-0.15, -0.1) is 0 Å². The van der Waals surface area contributed by atoms with Crippen LogP contribution in [0.2, 0.25) is 0 Å². The second-order valence-electron chi connectivity index (χ2n) is 4.51. The van der Waals surface area contributed by atoms with Crippen LogP contribution in [-0.4, -0.2) is 31.6 Å². The summed E-state index contributed by atoms with van der Waals surface area (Å²) < 4.78 is 7.09. The molecule has 1 aliphatic heterocycles. The van der Waals surface area contributed by atoms with Crippen molar-refractivity contribution in [3.8, 4) is 5.75 Å². The van der Waals surface area contributed by atoms with Crippen LogP contribution >= 0.6 is 22.6 Å². The van der Waals surface area contributed by atoms with Crippen molar-refractivity contribution in [3.05, 3.63) is 27.8 Å². The molecule has 3 heteroatoms. The molecule has 88 valence electrons. The number of ether oxygens (including phenoxy) is 1. The average Bonchev–Trinajstić information content (AvgIpc) is 2.28. The molecule has 1 aliphatic rings. The van der Waals surface area contributed by atoms with E-state index >= 15 is 0 Å². The summed E-state index contributed by atoms with van der Waals surface area (Å²) in [7, 11) is 2.19. The van der Waals surface area contributed by atoms with Gasteiger partial charge >= 0.3 is 0 Å². The SMILES string of the molecule is CN1CCC[C@H](COc2ccccc2I)C1. The van der Waals surface area contributed by atoms with Gasteiger partial charge in [0.1, 0.15) is 5.75 Å². The highest BCUT2D eigenvalue weighted by Crippen LogP contribution is 2.22. The predicted molar refractivity (Wildman–Crippen MR) is 74.9 cm³/mol. The molecule has 2 rings (SSSR count). The summed E-state index contributed by atoms with van der Waals surface area (Å²) in [4.78, 5) is 2.40. The molecule has 1 atom stereocenters. The van der Waals surface area contributed by atoms with Gasteiger partial charge in [0.05, 0.1) is 10.2 Å². The van der Waals surface area contributed by atoms with Gasteiger partial charge in [0.15, 0.2) is 0 Å². The molecule has 0 spiro atoms. The Morgan fingerprint density at radius 3 is 3.00 bits per heavy atom. The first-order chi connectivity index (χ1) is 7.75. The van der Waals surface area contributed by atoms with Crippen LogP contribution in [-0.2, 0) is 0 Å². The molecule has 0 bridgehead atoms. The molecule has 2 nitrogen and oxygen atoms in total. The number of likely N-dealkylation sites (tertiary alicyclic amines) is 1. The topological polar surface area (TPSA) is 12.5 Å². The van der Waals surface area contributed by atoms with Crippen LogP contribution in [0.25, 0.3) is 0 Å². The maximum atomic E-state index is 5.89. The first-order valence-corrected chi connectivity index (χ1v) is 6.89. The molecule has 16 heavy (non-hydrogen) atoms. The Morgan fingerprint density at radius 2 is 2.25 bits per heavy atom. The summed E-state index contributed by atoms with van der Waals surface area (Å²) in [6, 6.07) is 8.21.